The second-order valence-corrected chi connectivity index (χ2v) is 7.26. The number of phenols is 1. The summed E-state index contributed by atoms with van der Waals surface area (Å²) in [4.78, 5) is 28.1. The highest BCUT2D eigenvalue weighted by atomic mass is 16.5. The maximum atomic E-state index is 13.3. The molecule has 0 bridgehead atoms. The number of carbonyl (C=O) groups excluding carboxylic acids is 1. The Labute approximate surface area is 161 Å². The number of nitrogens with zero attached hydrogens (tertiary/aromatic N) is 1. The van der Waals surface area contributed by atoms with Crippen LogP contribution in [-0.4, -0.2) is 35.2 Å². The molecule has 0 unspecified atom stereocenters. The van der Waals surface area contributed by atoms with Crippen LogP contribution in [0.3, 0.4) is 0 Å². The highest BCUT2D eigenvalue weighted by molar-refractivity contribution is 5.99. The number of amides is 1. The van der Waals surface area contributed by atoms with Crippen LogP contribution in [0.4, 0.5) is 0 Å². The molecule has 1 aromatic heterocycles. The van der Waals surface area contributed by atoms with Crippen molar-refractivity contribution in [1.29, 1.82) is 0 Å². The molecule has 5 rings (SSSR count). The molecule has 6 nitrogen and oxygen atoms in total. The van der Waals surface area contributed by atoms with Crippen molar-refractivity contribution in [1.82, 2.24) is 4.90 Å². The van der Waals surface area contributed by atoms with Crippen molar-refractivity contribution in [3.63, 3.8) is 0 Å². The molecule has 28 heavy (non-hydrogen) atoms. The van der Waals surface area contributed by atoms with Crippen LogP contribution in [0.5, 0.6) is 5.75 Å². The van der Waals surface area contributed by atoms with E-state index in [2.05, 4.69) is 0 Å². The number of fused-ring (bicyclic) bond motifs is 2. The third kappa shape index (κ3) is 2.60. The number of aromatic hydroxyl groups is 1. The molecule has 3 heterocycles. The van der Waals surface area contributed by atoms with Crippen LogP contribution in [0.25, 0.3) is 11.0 Å². The van der Waals surface area contributed by atoms with Crippen molar-refractivity contribution in [3.05, 3.63) is 75.6 Å². The van der Waals surface area contributed by atoms with Crippen LogP contribution in [0.2, 0.25) is 0 Å². The van der Waals surface area contributed by atoms with Crippen molar-refractivity contribution in [2.24, 2.45) is 0 Å². The van der Waals surface area contributed by atoms with Gasteiger partial charge in [0.1, 0.15) is 11.3 Å². The Morgan fingerprint density at radius 1 is 1.11 bits per heavy atom. The summed E-state index contributed by atoms with van der Waals surface area (Å²) >= 11 is 0. The summed E-state index contributed by atoms with van der Waals surface area (Å²) in [7, 11) is 0. The van der Waals surface area contributed by atoms with Gasteiger partial charge in [-0.3, -0.25) is 9.59 Å². The Hall–Kier alpha value is -3.12. The van der Waals surface area contributed by atoms with E-state index in [-0.39, 0.29) is 28.9 Å². The van der Waals surface area contributed by atoms with Crippen molar-refractivity contribution < 1.29 is 19.1 Å². The summed E-state index contributed by atoms with van der Waals surface area (Å²) in [6, 6.07) is 13.0. The molecule has 2 aliphatic rings. The minimum Gasteiger partial charge on any atom is -0.508 e. The van der Waals surface area contributed by atoms with Gasteiger partial charge in [0.05, 0.1) is 23.1 Å². The van der Waals surface area contributed by atoms with E-state index in [1.165, 1.54) is 0 Å². The van der Waals surface area contributed by atoms with Gasteiger partial charge in [0.2, 0.25) is 5.76 Å². The monoisotopic (exact) mass is 377 g/mol. The lowest BCUT2D eigenvalue weighted by Crippen LogP contribution is -2.36. The Morgan fingerprint density at radius 2 is 1.96 bits per heavy atom. The Morgan fingerprint density at radius 3 is 2.75 bits per heavy atom. The van der Waals surface area contributed by atoms with E-state index in [1.807, 2.05) is 6.07 Å². The number of ether oxygens (including phenoxy) is 1. The molecule has 2 aliphatic heterocycles. The summed E-state index contributed by atoms with van der Waals surface area (Å²) in [6.45, 7) is 1.05. The number of para-hydroxylation sites is 1. The lowest BCUT2D eigenvalue weighted by molar-refractivity contribution is 0.0486. The number of rotatable bonds is 3. The molecule has 0 saturated carbocycles. The molecule has 2 atom stereocenters. The van der Waals surface area contributed by atoms with E-state index in [1.54, 1.807) is 47.4 Å². The summed E-state index contributed by atoms with van der Waals surface area (Å²) in [5.74, 6) is -0.155. The lowest BCUT2D eigenvalue weighted by Gasteiger charge is -2.27. The number of hydrogen-bond acceptors (Lipinski definition) is 5. The number of phenolic OH excluding ortho intramolecular Hbond substituents is 1. The molecule has 1 saturated heterocycles. The lowest BCUT2D eigenvalue weighted by atomic mass is 9.98. The van der Waals surface area contributed by atoms with Gasteiger partial charge >= 0.3 is 0 Å². The Bertz CT molecular complexity index is 1130. The molecule has 0 radical (unpaired) electrons. The standard InChI is InChI=1S/C22H19NO5/c24-14-6-3-5-13(11-14)19-18-20(25)16-8-1-2-9-17(16)28-21(18)22(26)23(19)12-15-7-4-10-27-15/h1-3,5-6,8-9,11,15,19,24H,4,7,10,12H2/t15-,19+/m1/s1. The first-order valence-electron chi connectivity index (χ1n) is 9.41. The molecule has 3 aromatic rings. The predicted molar refractivity (Wildman–Crippen MR) is 102 cm³/mol. The number of benzene rings is 2. The number of carbonyl (C=O) groups is 1. The highest BCUT2D eigenvalue weighted by Gasteiger charge is 2.43. The molecular weight excluding hydrogens is 358 g/mol. The fourth-order valence-corrected chi connectivity index (χ4v) is 4.20. The molecule has 2 aromatic carbocycles. The van der Waals surface area contributed by atoms with Crippen LogP contribution in [-0.2, 0) is 4.74 Å². The smallest absolute Gasteiger partial charge is 0.291 e. The fraction of sp³-hybridized carbons (Fsp3) is 0.273. The molecular formula is C22H19NO5. The summed E-state index contributed by atoms with van der Waals surface area (Å²) < 4.78 is 11.6. The quantitative estimate of drug-likeness (QED) is 0.758. The molecule has 142 valence electrons. The normalized spacial score (nSPS) is 21.4. The maximum Gasteiger partial charge on any atom is 0.291 e. The zero-order chi connectivity index (χ0) is 19.3. The zero-order valence-electron chi connectivity index (χ0n) is 15.1. The van der Waals surface area contributed by atoms with Crippen LogP contribution < -0.4 is 5.43 Å². The average Bonchev–Trinajstić information content (AvgIpc) is 3.30. The van der Waals surface area contributed by atoms with Crippen LogP contribution >= 0.6 is 0 Å². The van der Waals surface area contributed by atoms with Gasteiger partial charge in [-0.1, -0.05) is 24.3 Å². The zero-order valence-corrected chi connectivity index (χ0v) is 15.1. The van der Waals surface area contributed by atoms with Gasteiger partial charge in [0.15, 0.2) is 5.43 Å². The average molecular weight is 377 g/mol. The van der Waals surface area contributed by atoms with Gasteiger partial charge in [0, 0.05) is 13.2 Å². The minimum atomic E-state index is -0.611. The van der Waals surface area contributed by atoms with Crippen LogP contribution in [0, 0.1) is 0 Å². The second kappa shape index (κ2) is 6.49. The van der Waals surface area contributed by atoms with E-state index >= 15 is 0 Å². The second-order valence-electron chi connectivity index (χ2n) is 7.26. The summed E-state index contributed by atoms with van der Waals surface area (Å²) in [6.07, 6.45) is 1.76. The van der Waals surface area contributed by atoms with Crippen LogP contribution in [0.1, 0.15) is 40.6 Å². The van der Waals surface area contributed by atoms with Gasteiger partial charge in [0.25, 0.3) is 5.91 Å². The van der Waals surface area contributed by atoms with Crippen molar-refractivity contribution in [3.8, 4) is 5.75 Å². The van der Waals surface area contributed by atoms with Gasteiger partial charge < -0.3 is 19.2 Å². The molecule has 0 aliphatic carbocycles. The van der Waals surface area contributed by atoms with Crippen molar-refractivity contribution in [2.45, 2.75) is 25.0 Å². The third-order valence-electron chi connectivity index (χ3n) is 5.48. The van der Waals surface area contributed by atoms with Crippen LogP contribution in [0.15, 0.2) is 57.7 Å². The number of hydrogen-bond donors (Lipinski definition) is 1. The SMILES string of the molecule is O=C1c2oc3ccccc3c(=O)c2[C@H](c2cccc(O)c2)N1C[C@H]1CCCO1. The first kappa shape index (κ1) is 17.0. The van der Waals surface area contributed by atoms with E-state index in [0.717, 1.165) is 12.8 Å². The van der Waals surface area contributed by atoms with Gasteiger partial charge in [-0.2, -0.15) is 0 Å². The predicted octanol–water partition coefficient (Wildman–Crippen LogP) is 3.22. The highest BCUT2D eigenvalue weighted by Crippen LogP contribution is 2.39. The first-order valence-corrected chi connectivity index (χ1v) is 9.41. The molecule has 6 heteroatoms. The van der Waals surface area contributed by atoms with Crippen molar-refractivity contribution in [2.75, 3.05) is 13.2 Å². The minimum absolute atomic E-state index is 0.0670. The largest absolute Gasteiger partial charge is 0.508 e. The maximum absolute atomic E-state index is 13.3. The Kier molecular flexibility index (Phi) is 3.94. The van der Waals surface area contributed by atoms with E-state index in [9.17, 15) is 14.7 Å². The fourth-order valence-electron chi connectivity index (χ4n) is 4.20. The Balaban J connectivity index is 1.71. The summed E-state index contributed by atoms with van der Waals surface area (Å²) in [5, 5.41) is 10.4. The molecule has 0 spiro atoms. The summed E-state index contributed by atoms with van der Waals surface area (Å²) in [5.41, 5.74) is 1.18. The molecule has 1 N–H and O–H groups in total. The van der Waals surface area contributed by atoms with Crippen molar-refractivity contribution >= 4 is 16.9 Å². The van der Waals surface area contributed by atoms with E-state index in [4.69, 9.17) is 9.15 Å². The molecule has 1 fully saturated rings. The third-order valence-corrected chi connectivity index (χ3v) is 5.48. The topological polar surface area (TPSA) is 80.0 Å². The molecule has 1 amide bonds. The van der Waals surface area contributed by atoms with Gasteiger partial charge in [-0.05, 0) is 42.7 Å². The van der Waals surface area contributed by atoms with Gasteiger partial charge in [-0.15, -0.1) is 0 Å². The van der Waals surface area contributed by atoms with E-state index in [0.29, 0.717) is 35.2 Å². The van der Waals surface area contributed by atoms with Gasteiger partial charge in [-0.25, -0.2) is 0 Å². The first-order chi connectivity index (χ1) is 13.6. The van der Waals surface area contributed by atoms with E-state index < -0.39 is 6.04 Å².